The number of nitrogens with zero attached hydrogens (tertiary/aromatic N) is 3. The Balaban J connectivity index is 1.25. The third kappa shape index (κ3) is 5.57. The van der Waals surface area contributed by atoms with Crippen LogP contribution in [0.4, 0.5) is 10.2 Å². The number of rotatable bonds is 8. The van der Waals surface area contributed by atoms with Crippen molar-refractivity contribution in [3.8, 4) is 17.2 Å². The number of hydrogen-bond donors (Lipinski definition) is 4. The van der Waals surface area contributed by atoms with Crippen LogP contribution in [0, 0.1) is 17.1 Å². The van der Waals surface area contributed by atoms with Crippen molar-refractivity contribution in [2.75, 3.05) is 11.9 Å². The van der Waals surface area contributed by atoms with Crippen molar-refractivity contribution in [1.82, 2.24) is 25.3 Å². The first-order valence-electron chi connectivity index (χ1n) is 11.8. The standard InChI is InChI=1S/C28H22FN7O2/c29-22-7-3-17(4-8-22)9-10-31-27(37)23-11-19(13-30)15-33-25(23)32-14-18-1-5-20(6-2-18)21-12-24-26(34-16-21)36-28(38)35-24/h1-8,11-12,15-16H,9-10,14H2,(H,31,37)(H,32,33)(H2,34,35,36,38). The number of halogens is 1. The Morgan fingerprint density at radius 1 is 0.947 bits per heavy atom. The molecule has 0 unspecified atom stereocenters. The summed E-state index contributed by atoms with van der Waals surface area (Å²) in [6, 6.07) is 19.3. The second-order valence-electron chi connectivity index (χ2n) is 8.61. The first kappa shape index (κ1) is 24.4. The molecule has 9 nitrogen and oxygen atoms in total. The Morgan fingerprint density at radius 3 is 2.47 bits per heavy atom. The van der Waals surface area contributed by atoms with Crippen LogP contribution in [-0.2, 0) is 13.0 Å². The van der Waals surface area contributed by atoms with Gasteiger partial charge in [-0.3, -0.25) is 9.78 Å². The molecule has 4 N–H and O–H groups in total. The van der Waals surface area contributed by atoms with Gasteiger partial charge in [0, 0.05) is 31.0 Å². The number of imidazole rings is 1. The lowest BCUT2D eigenvalue weighted by Gasteiger charge is -2.12. The molecule has 10 heteroatoms. The van der Waals surface area contributed by atoms with Gasteiger partial charge in [-0.15, -0.1) is 0 Å². The molecule has 5 aromatic rings. The lowest BCUT2D eigenvalue weighted by atomic mass is 10.1. The lowest BCUT2D eigenvalue weighted by molar-refractivity contribution is 0.0954. The monoisotopic (exact) mass is 507 g/mol. The molecular formula is C28H22FN7O2. The van der Waals surface area contributed by atoms with Gasteiger partial charge in [-0.2, -0.15) is 5.26 Å². The van der Waals surface area contributed by atoms with Gasteiger partial charge in [-0.1, -0.05) is 36.4 Å². The molecule has 3 heterocycles. The summed E-state index contributed by atoms with van der Waals surface area (Å²) in [7, 11) is 0. The Bertz CT molecular complexity index is 1700. The van der Waals surface area contributed by atoms with Crippen LogP contribution in [0.15, 0.2) is 77.9 Å². The van der Waals surface area contributed by atoms with E-state index in [1.165, 1.54) is 24.4 Å². The Morgan fingerprint density at radius 2 is 1.71 bits per heavy atom. The fourth-order valence-electron chi connectivity index (χ4n) is 3.99. The minimum atomic E-state index is -0.361. The normalized spacial score (nSPS) is 10.7. The van der Waals surface area contributed by atoms with Crippen LogP contribution in [0.3, 0.4) is 0 Å². The van der Waals surface area contributed by atoms with Crippen molar-refractivity contribution in [3.63, 3.8) is 0 Å². The zero-order chi connectivity index (χ0) is 26.5. The maximum Gasteiger partial charge on any atom is 0.325 e. The molecule has 38 heavy (non-hydrogen) atoms. The molecule has 1 amide bonds. The summed E-state index contributed by atoms with van der Waals surface area (Å²) in [6.45, 7) is 0.747. The molecule has 5 rings (SSSR count). The number of fused-ring (bicyclic) bond motifs is 1. The summed E-state index contributed by atoms with van der Waals surface area (Å²) >= 11 is 0. The summed E-state index contributed by atoms with van der Waals surface area (Å²) in [4.78, 5) is 38.3. The SMILES string of the molecule is N#Cc1cnc(NCc2ccc(-c3cnc4[nH]c(=O)[nH]c4c3)cc2)c(C(=O)NCCc2ccc(F)cc2)c1. The van der Waals surface area contributed by atoms with Crippen LogP contribution < -0.4 is 16.3 Å². The topological polar surface area (TPSA) is 139 Å². The lowest BCUT2D eigenvalue weighted by Crippen LogP contribution is -2.27. The molecule has 0 saturated carbocycles. The zero-order valence-corrected chi connectivity index (χ0v) is 20.1. The minimum absolute atomic E-state index is 0.264. The van der Waals surface area contributed by atoms with Crippen molar-refractivity contribution in [3.05, 3.63) is 112 Å². The van der Waals surface area contributed by atoms with Gasteiger partial charge < -0.3 is 15.6 Å². The molecule has 0 bridgehead atoms. The number of hydrogen-bond acceptors (Lipinski definition) is 6. The highest BCUT2D eigenvalue weighted by atomic mass is 19.1. The van der Waals surface area contributed by atoms with Crippen LogP contribution in [0.1, 0.15) is 27.0 Å². The molecule has 0 radical (unpaired) electrons. The predicted molar refractivity (Wildman–Crippen MR) is 141 cm³/mol. The third-order valence-corrected chi connectivity index (χ3v) is 5.99. The van der Waals surface area contributed by atoms with Crippen molar-refractivity contribution >= 4 is 22.9 Å². The molecule has 2 aromatic carbocycles. The summed E-state index contributed by atoms with van der Waals surface area (Å²) in [5.41, 5.74) is 5.02. The van der Waals surface area contributed by atoms with E-state index in [0.29, 0.717) is 36.5 Å². The van der Waals surface area contributed by atoms with Crippen molar-refractivity contribution in [2.45, 2.75) is 13.0 Å². The Hall–Kier alpha value is -5.30. The Kier molecular flexibility index (Phi) is 6.91. The van der Waals surface area contributed by atoms with Gasteiger partial charge in [0.1, 0.15) is 17.7 Å². The number of H-pyrrole nitrogens is 2. The van der Waals surface area contributed by atoms with Crippen molar-refractivity contribution in [2.24, 2.45) is 0 Å². The zero-order valence-electron chi connectivity index (χ0n) is 20.1. The first-order chi connectivity index (χ1) is 18.5. The number of pyridine rings is 2. The number of anilines is 1. The quantitative estimate of drug-likeness (QED) is 0.251. The number of carbonyl (C=O) groups excluding carboxylic acids is 1. The van der Waals surface area contributed by atoms with E-state index in [-0.39, 0.29) is 28.5 Å². The van der Waals surface area contributed by atoms with E-state index in [2.05, 4.69) is 30.6 Å². The summed E-state index contributed by atoms with van der Waals surface area (Å²) in [6.07, 6.45) is 3.64. The van der Waals surface area contributed by atoms with E-state index in [1.54, 1.807) is 18.3 Å². The van der Waals surface area contributed by atoms with Crippen LogP contribution in [0.5, 0.6) is 0 Å². The number of amides is 1. The van der Waals surface area contributed by atoms with E-state index in [1.807, 2.05) is 36.4 Å². The fraction of sp³-hybridized carbons (Fsp3) is 0.107. The summed E-state index contributed by atoms with van der Waals surface area (Å²) in [5, 5.41) is 15.3. The van der Waals surface area contributed by atoms with Gasteiger partial charge in [0.25, 0.3) is 5.91 Å². The largest absolute Gasteiger partial charge is 0.365 e. The van der Waals surface area contributed by atoms with Crippen molar-refractivity contribution in [1.29, 1.82) is 5.26 Å². The van der Waals surface area contributed by atoms with Crippen LogP contribution in [0.25, 0.3) is 22.3 Å². The molecule has 0 saturated heterocycles. The van der Waals surface area contributed by atoms with Gasteiger partial charge in [0.15, 0.2) is 5.65 Å². The summed E-state index contributed by atoms with van der Waals surface area (Å²) in [5.74, 6) is -0.311. The molecule has 3 aromatic heterocycles. The fourth-order valence-corrected chi connectivity index (χ4v) is 3.99. The first-order valence-corrected chi connectivity index (χ1v) is 11.8. The number of aromatic amines is 2. The van der Waals surface area contributed by atoms with Crippen LogP contribution in [-0.4, -0.2) is 32.4 Å². The van der Waals surface area contributed by atoms with Crippen LogP contribution in [0.2, 0.25) is 0 Å². The molecular weight excluding hydrogens is 485 g/mol. The van der Waals surface area contributed by atoms with Gasteiger partial charge in [0.2, 0.25) is 0 Å². The van der Waals surface area contributed by atoms with Gasteiger partial charge >= 0.3 is 5.69 Å². The summed E-state index contributed by atoms with van der Waals surface area (Å²) < 4.78 is 13.1. The number of aromatic nitrogens is 4. The van der Waals surface area contributed by atoms with E-state index in [9.17, 15) is 19.2 Å². The van der Waals surface area contributed by atoms with E-state index in [4.69, 9.17) is 0 Å². The second-order valence-corrected chi connectivity index (χ2v) is 8.61. The Labute approximate surface area is 216 Å². The van der Waals surface area contributed by atoms with Gasteiger partial charge in [0.05, 0.1) is 16.6 Å². The van der Waals surface area contributed by atoms with Crippen molar-refractivity contribution < 1.29 is 9.18 Å². The molecule has 0 aliphatic rings. The molecule has 188 valence electrons. The van der Waals surface area contributed by atoms with E-state index < -0.39 is 0 Å². The highest BCUT2D eigenvalue weighted by Gasteiger charge is 2.14. The van der Waals surface area contributed by atoms with Gasteiger partial charge in [-0.05, 0) is 47.4 Å². The molecule has 0 aliphatic carbocycles. The van der Waals surface area contributed by atoms with Crippen LogP contribution >= 0.6 is 0 Å². The average molecular weight is 508 g/mol. The molecule has 0 aliphatic heterocycles. The van der Waals surface area contributed by atoms with E-state index in [0.717, 1.165) is 22.3 Å². The number of nitriles is 1. The number of nitrogens with one attached hydrogen (secondary N) is 4. The number of benzene rings is 2. The maximum atomic E-state index is 13.1. The highest BCUT2D eigenvalue weighted by Crippen LogP contribution is 2.22. The van der Waals surface area contributed by atoms with E-state index >= 15 is 0 Å². The smallest absolute Gasteiger partial charge is 0.325 e. The highest BCUT2D eigenvalue weighted by molar-refractivity contribution is 5.99. The molecule has 0 spiro atoms. The average Bonchev–Trinajstić information content (AvgIpc) is 3.32. The molecule has 0 fully saturated rings. The third-order valence-electron chi connectivity index (χ3n) is 5.99. The second kappa shape index (κ2) is 10.8. The predicted octanol–water partition coefficient (Wildman–Crippen LogP) is 3.91. The minimum Gasteiger partial charge on any atom is -0.365 e. The molecule has 0 atom stereocenters. The van der Waals surface area contributed by atoms with Gasteiger partial charge in [-0.25, -0.2) is 19.2 Å². The maximum absolute atomic E-state index is 13.1. The number of carbonyl (C=O) groups is 1.